The molecule has 12 heteroatoms. The molecule has 0 radical (unpaired) electrons. The van der Waals surface area contributed by atoms with Gasteiger partial charge in [0.15, 0.2) is 6.10 Å². The second-order valence-electron chi connectivity index (χ2n) is 3.72. The van der Waals surface area contributed by atoms with Gasteiger partial charge in [0, 0.05) is 6.54 Å². The zero-order valence-corrected chi connectivity index (χ0v) is 11.0. The maximum Gasteiger partial charge on any atom is 0.397 e. The van der Waals surface area contributed by atoms with Crippen LogP contribution in [0.2, 0.25) is 0 Å². The molecular formula is C8H17NO10S. The summed E-state index contributed by atoms with van der Waals surface area (Å²) in [7, 11) is -4.65. The molecule has 0 aliphatic carbocycles. The quantitative estimate of drug-likeness (QED) is 0.160. The zero-order valence-electron chi connectivity index (χ0n) is 10.2. The number of hydrogen-bond acceptors (Lipinski definition) is 9. The molecule has 0 aromatic carbocycles. The molecule has 0 aliphatic heterocycles. The first-order chi connectivity index (χ1) is 9.10. The maximum atomic E-state index is 11.3. The number of nitrogens with one attached hydrogen (secondary N) is 1. The fraction of sp³-hybridized carbons (Fsp3) is 0.875. The number of carbonyl (C=O) groups excluding carboxylic acids is 1. The first kappa shape index (κ1) is 19.1. The fourth-order valence-electron chi connectivity index (χ4n) is 1.10. The highest BCUT2D eigenvalue weighted by Gasteiger charge is 2.33. The van der Waals surface area contributed by atoms with Gasteiger partial charge in [0.05, 0.1) is 13.2 Å². The molecule has 4 unspecified atom stereocenters. The monoisotopic (exact) mass is 319 g/mol. The first-order valence-electron chi connectivity index (χ1n) is 5.32. The topological polar surface area (TPSA) is 194 Å². The van der Waals surface area contributed by atoms with Crippen LogP contribution in [0.25, 0.3) is 0 Å². The lowest BCUT2D eigenvalue weighted by molar-refractivity contribution is -0.149. The summed E-state index contributed by atoms with van der Waals surface area (Å²) >= 11 is 0. The Balaban J connectivity index is 4.21. The Morgan fingerprint density at radius 2 is 1.70 bits per heavy atom. The summed E-state index contributed by atoms with van der Waals surface area (Å²) in [6.07, 6.45) is -7.92. The van der Waals surface area contributed by atoms with Gasteiger partial charge >= 0.3 is 10.4 Å². The van der Waals surface area contributed by atoms with E-state index in [-0.39, 0.29) is 0 Å². The number of hydrogen-bond donors (Lipinski definition) is 7. The van der Waals surface area contributed by atoms with Crippen LogP contribution in [0.1, 0.15) is 0 Å². The molecule has 0 spiro atoms. The van der Waals surface area contributed by atoms with Crippen molar-refractivity contribution in [2.75, 3.05) is 19.8 Å². The molecule has 20 heavy (non-hydrogen) atoms. The number of aliphatic hydroxyl groups is 5. The minimum Gasteiger partial charge on any atom is -0.394 e. The van der Waals surface area contributed by atoms with Crippen LogP contribution in [0.5, 0.6) is 0 Å². The van der Waals surface area contributed by atoms with Gasteiger partial charge in [-0.15, -0.1) is 0 Å². The van der Waals surface area contributed by atoms with Crippen molar-refractivity contribution in [3.05, 3.63) is 0 Å². The number of amides is 1. The van der Waals surface area contributed by atoms with Crippen molar-refractivity contribution in [3.8, 4) is 0 Å². The van der Waals surface area contributed by atoms with Gasteiger partial charge < -0.3 is 30.8 Å². The van der Waals surface area contributed by atoms with Gasteiger partial charge in [0.2, 0.25) is 0 Å². The first-order valence-corrected chi connectivity index (χ1v) is 6.69. The summed E-state index contributed by atoms with van der Waals surface area (Å²) in [5.41, 5.74) is 0. The normalized spacial score (nSPS) is 18.1. The van der Waals surface area contributed by atoms with E-state index in [2.05, 4.69) is 4.18 Å². The van der Waals surface area contributed by atoms with Crippen molar-refractivity contribution >= 4 is 16.3 Å². The van der Waals surface area contributed by atoms with E-state index in [4.69, 9.17) is 14.8 Å². The fourth-order valence-corrected chi connectivity index (χ4v) is 1.40. The van der Waals surface area contributed by atoms with E-state index >= 15 is 0 Å². The Labute approximate surface area is 114 Å². The molecule has 7 N–H and O–H groups in total. The van der Waals surface area contributed by atoms with Crippen molar-refractivity contribution in [1.29, 1.82) is 0 Å². The van der Waals surface area contributed by atoms with Gasteiger partial charge in [0.1, 0.15) is 18.3 Å². The number of aliphatic hydroxyl groups excluding tert-OH is 5. The molecule has 0 bridgehead atoms. The predicted octanol–water partition coefficient (Wildman–Crippen LogP) is -4.64. The van der Waals surface area contributed by atoms with Crippen molar-refractivity contribution in [1.82, 2.24) is 5.32 Å². The Morgan fingerprint density at radius 1 is 1.15 bits per heavy atom. The van der Waals surface area contributed by atoms with Crippen LogP contribution in [-0.4, -0.2) is 88.6 Å². The van der Waals surface area contributed by atoms with Crippen LogP contribution >= 0.6 is 0 Å². The summed E-state index contributed by atoms with van der Waals surface area (Å²) in [6.45, 7) is -1.93. The van der Waals surface area contributed by atoms with Crippen molar-refractivity contribution in [2.24, 2.45) is 0 Å². The van der Waals surface area contributed by atoms with E-state index in [1.54, 1.807) is 0 Å². The second-order valence-corrected chi connectivity index (χ2v) is 4.81. The highest BCUT2D eigenvalue weighted by Crippen LogP contribution is 2.05. The van der Waals surface area contributed by atoms with Crippen LogP contribution in [0.15, 0.2) is 0 Å². The molecule has 1 amide bonds. The molecule has 0 aromatic rings. The van der Waals surface area contributed by atoms with Crippen LogP contribution in [0.4, 0.5) is 0 Å². The van der Waals surface area contributed by atoms with Gasteiger partial charge in [-0.2, -0.15) is 8.42 Å². The highest BCUT2D eigenvalue weighted by molar-refractivity contribution is 7.80. The molecule has 0 heterocycles. The number of carbonyl (C=O) groups is 1. The SMILES string of the molecule is O=C(NCCOS(=O)(=O)O)C(O)C(O)C(O)C(O)CO. The van der Waals surface area contributed by atoms with Crippen LogP contribution < -0.4 is 5.32 Å². The lowest BCUT2D eigenvalue weighted by Crippen LogP contribution is -2.52. The smallest absolute Gasteiger partial charge is 0.394 e. The predicted molar refractivity (Wildman–Crippen MR) is 61.6 cm³/mol. The molecule has 4 atom stereocenters. The molecule has 120 valence electrons. The standard InChI is InChI=1S/C8H17NO10S/c10-3-4(11)5(12)6(13)7(14)8(15)9-1-2-19-20(16,17)18/h4-7,10-14H,1-3H2,(H,9,15)(H,16,17,18). The van der Waals surface area contributed by atoms with E-state index in [1.165, 1.54) is 0 Å². The zero-order chi connectivity index (χ0) is 15.9. The summed E-state index contributed by atoms with van der Waals surface area (Å²) in [5.74, 6) is -1.18. The third kappa shape index (κ3) is 7.06. The lowest BCUT2D eigenvalue weighted by Gasteiger charge is -2.24. The Morgan fingerprint density at radius 3 is 2.15 bits per heavy atom. The van der Waals surface area contributed by atoms with Crippen LogP contribution in [-0.2, 0) is 19.4 Å². The van der Waals surface area contributed by atoms with Gasteiger partial charge in [0.25, 0.3) is 5.91 Å². The highest BCUT2D eigenvalue weighted by atomic mass is 32.3. The van der Waals surface area contributed by atoms with Gasteiger partial charge in [-0.1, -0.05) is 0 Å². The molecular weight excluding hydrogens is 302 g/mol. The summed E-state index contributed by atoms with van der Waals surface area (Å²) in [6, 6.07) is 0. The molecule has 11 nitrogen and oxygen atoms in total. The van der Waals surface area contributed by atoms with E-state index < -0.39 is 60.5 Å². The summed E-state index contributed by atoms with van der Waals surface area (Å²) in [5, 5.41) is 47.4. The van der Waals surface area contributed by atoms with Crippen molar-refractivity contribution in [2.45, 2.75) is 24.4 Å². The van der Waals surface area contributed by atoms with E-state index in [0.29, 0.717) is 0 Å². The largest absolute Gasteiger partial charge is 0.397 e. The third-order valence-electron chi connectivity index (χ3n) is 2.16. The second kappa shape index (κ2) is 8.43. The average molecular weight is 319 g/mol. The van der Waals surface area contributed by atoms with E-state index in [9.17, 15) is 28.5 Å². The van der Waals surface area contributed by atoms with E-state index in [0.717, 1.165) is 0 Å². The average Bonchev–Trinajstić information content (AvgIpc) is 2.38. The molecule has 0 saturated carbocycles. The molecule has 0 aliphatic rings. The van der Waals surface area contributed by atoms with Crippen LogP contribution in [0.3, 0.4) is 0 Å². The lowest BCUT2D eigenvalue weighted by atomic mass is 10.0. The summed E-state index contributed by atoms with van der Waals surface area (Å²) < 4.78 is 32.4. The van der Waals surface area contributed by atoms with Gasteiger partial charge in [-0.25, -0.2) is 4.18 Å². The molecule has 0 saturated heterocycles. The maximum absolute atomic E-state index is 11.3. The Kier molecular flexibility index (Phi) is 8.07. The van der Waals surface area contributed by atoms with Crippen LogP contribution in [0, 0.1) is 0 Å². The molecule has 0 aromatic heterocycles. The Bertz CT molecular complexity index is 398. The van der Waals surface area contributed by atoms with Crippen molar-refractivity contribution in [3.63, 3.8) is 0 Å². The third-order valence-corrected chi connectivity index (χ3v) is 2.62. The minimum absolute atomic E-state index is 0.416. The minimum atomic E-state index is -4.65. The van der Waals surface area contributed by atoms with E-state index in [1.807, 2.05) is 5.32 Å². The number of rotatable bonds is 9. The Hall–Kier alpha value is -0.860. The molecule has 0 rings (SSSR count). The van der Waals surface area contributed by atoms with Gasteiger partial charge in [-0.05, 0) is 0 Å². The molecule has 0 fully saturated rings. The summed E-state index contributed by atoms with van der Waals surface area (Å²) in [4.78, 5) is 11.3. The van der Waals surface area contributed by atoms with Crippen molar-refractivity contribution < 1.29 is 47.5 Å². The van der Waals surface area contributed by atoms with Gasteiger partial charge in [-0.3, -0.25) is 9.35 Å².